The van der Waals surface area contributed by atoms with Crippen LogP contribution in [0, 0.1) is 0 Å². The highest BCUT2D eigenvalue weighted by Gasteiger charge is 2.22. The van der Waals surface area contributed by atoms with Gasteiger partial charge >= 0.3 is 0 Å². The number of ether oxygens (including phenoxy) is 3. The minimum absolute atomic E-state index is 0.195. The monoisotopic (exact) mass is 632 g/mol. The van der Waals surface area contributed by atoms with Gasteiger partial charge in [0.25, 0.3) is 0 Å². The summed E-state index contributed by atoms with van der Waals surface area (Å²) in [6, 6.07) is 19.5. The van der Waals surface area contributed by atoms with Crippen molar-refractivity contribution in [1.82, 2.24) is 15.1 Å². The molecule has 0 aliphatic carbocycles. The first-order valence-corrected chi connectivity index (χ1v) is 15.5. The molecule has 3 aromatic carbocycles. The number of hydrogen-bond donors (Lipinski definition) is 1. The molecule has 1 saturated heterocycles. The molecule has 6 rings (SSSR count). The fourth-order valence-corrected chi connectivity index (χ4v) is 5.58. The molecule has 8 nitrogen and oxygen atoms in total. The molecular weight excluding hydrogens is 599 g/mol. The number of carbonyl (C=O) groups excluding carboxylic acids is 1. The number of rotatable bonds is 10. The van der Waals surface area contributed by atoms with E-state index in [0.29, 0.717) is 41.9 Å². The van der Waals surface area contributed by atoms with Gasteiger partial charge in [0.1, 0.15) is 5.75 Å². The standard InChI is InChI=1S/C34H34Cl2N4O4/c35-29-8-3-25(18-30(29)36)17-26-5-10-33(38-21-26)44-28-6-1-24(2-7-28)20-37-12-11-34(41)40-15-13-39(14-16-40)22-27-4-9-31-32(19-27)43-23-42-31/h1-4,6-10,17-19,21,37H,5,11-16,20,22-23H2. The minimum Gasteiger partial charge on any atom is -0.454 e. The largest absolute Gasteiger partial charge is 0.454 e. The van der Waals surface area contributed by atoms with E-state index in [1.807, 2.05) is 65.6 Å². The van der Waals surface area contributed by atoms with Crippen LogP contribution in [0.4, 0.5) is 0 Å². The number of amides is 1. The Hall–Kier alpha value is -3.82. The summed E-state index contributed by atoms with van der Waals surface area (Å²) in [5.41, 5.74) is 4.34. The number of carbonyl (C=O) groups is 1. The second kappa shape index (κ2) is 14.3. The summed E-state index contributed by atoms with van der Waals surface area (Å²) in [5.74, 6) is 3.10. The Labute approximate surface area is 267 Å². The van der Waals surface area contributed by atoms with Gasteiger partial charge in [0, 0.05) is 58.4 Å². The third-order valence-electron chi connectivity index (χ3n) is 7.72. The number of hydrogen-bond acceptors (Lipinski definition) is 7. The van der Waals surface area contributed by atoms with Crippen molar-refractivity contribution in [2.45, 2.75) is 25.9 Å². The molecule has 228 valence electrons. The van der Waals surface area contributed by atoms with Gasteiger partial charge in [-0.1, -0.05) is 47.5 Å². The number of piperazine rings is 1. The average Bonchev–Trinajstić information content (AvgIpc) is 3.51. The van der Waals surface area contributed by atoms with Crippen LogP contribution in [-0.2, 0) is 17.9 Å². The predicted octanol–water partition coefficient (Wildman–Crippen LogP) is 6.32. The normalized spacial score (nSPS) is 17.2. The van der Waals surface area contributed by atoms with Gasteiger partial charge in [0.05, 0.1) is 10.0 Å². The van der Waals surface area contributed by atoms with Crippen LogP contribution in [0.15, 0.2) is 83.2 Å². The van der Waals surface area contributed by atoms with Crippen molar-refractivity contribution in [3.05, 3.63) is 105 Å². The molecule has 3 aromatic rings. The fourth-order valence-electron chi connectivity index (χ4n) is 5.27. The van der Waals surface area contributed by atoms with Crippen LogP contribution in [0.1, 0.15) is 29.5 Å². The molecule has 0 unspecified atom stereocenters. The van der Waals surface area contributed by atoms with E-state index < -0.39 is 0 Å². The molecular formula is C34H34Cl2N4O4. The van der Waals surface area contributed by atoms with Crippen molar-refractivity contribution >= 4 is 41.4 Å². The lowest BCUT2D eigenvalue weighted by Gasteiger charge is -2.34. The van der Waals surface area contributed by atoms with E-state index in [2.05, 4.69) is 21.3 Å². The Bertz CT molecular complexity index is 1580. The second-order valence-corrected chi connectivity index (χ2v) is 11.7. The summed E-state index contributed by atoms with van der Waals surface area (Å²) in [7, 11) is 0. The van der Waals surface area contributed by atoms with Crippen molar-refractivity contribution in [3.8, 4) is 17.2 Å². The van der Waals surface area contributed by atoms with Gasteiger partial charge < -0.3 is 24.4 Å². The molecule has 1 N–H and O–H groups in total. The van der Waals surface area contributed by atoms with Gasteiger partial charge in [-0.25, -0.2) is 4.99 Å². The van der Waals surface area contributed by atoms with Gasteiger partial charge in [0.2, 0.25) is 18.6 Å². The van der Waals surface area contributed by atoms with E-state index >= 15 is 0 Å². The summed E-state index contributed by atoms with van der Waals surface area (Å²) in [5, 5.41) is 4.45. The van der Waals surface area contributed by atoms with Crippen LogP contribution >= 0.6 is 23.2 Å². The minimum atomic E-state index is 0.195. The number of fused-ring (bicyclic) bond motifs is 1. The van der Waals surface area contributed by atoms with Crippen molar-refractivity contribution in [3.63, 3.8) is 0 Å². The number of aliphatic imine (C=N–C) groups is 1. The number of halogens is 2. The van der Waals surface area contributed by atoms with Gasteiger partial charge in [-0.2, -0.15) is 0 Å². The van der Waals surface area contributed by atoms with Gasteiger partial charge in [0.15, 0.2) is 11.5 Å². The zero-order valence-corrected chi connectivity index (χ0v) is 25.8. The van der Waals surface area contributed by atoms with Crippen molar-refractivity contribution in [2.24, 2.45) is 4.99 Å². The topological polar surface area (TPSA) is 75.6 Å². The first kappa shape index (κ1) is 30.2. The highest BCUT2D eigenvalue weighted by atomic mass is 35.5. The summed E-state index contributed by atoms with van der Waals surface area (Å²) < 4.78 is 16.8. The third-order valence-corrected chi connectivity index (χ3v) is 8.46. The lowest BCUT2D eigenvalue weighted by Crippen LogP contribution is -2.48. The number of nitrogens with zero attached hydrogens (tertiary/aromatic N) is 3. The molecule has 3 heterocycles. The SMILES string of the molecule is O=C(CCNCc1ccc(OC2=CCC(=Cc3ccc(Cl)c(Cl)c3)C=N2)cc1)N1CCN(Cc2ccc3c(c2)OCO3)CC1. The van der Waals surface area contributed by atoms with Crippen LogP contribution in [0.25, 0.3) is 6.08 Å². The fraction of sp³-hybridized carbons (Fsp3) is 0.294. The van der Waals surface area contributed by atoms with Crippen LogP contribution in [0.3, 0.4) is 0 Å². The molecule has 3 aliphatic heterocycles. The zero-order chi connectivity index (χ0) is 30.3. The maximum absolute atomic E-state index is 12.8. The molecule has 3 aliphatic rings. The van der Waals surface area contributed by atoms with E-state index in [4.69, 9.17) is 37.4 Å². The first-order valence-electron chi connectivity index (χ1n) is 14.7. The molecule has 0 spiro atoms. The molecule has 0 bridgehead atoms. The highest BCUT2D eigenvalue weighted by molar-refractivity contribution is 6.42. The first-order chi connectivity index (χ1) is 21.5. The summed E-state index contributed by atoms with van der Waals surface area (Å²) >= 11 is 12.1. The van der Waals surface area contributed by atoms with E-state index in [0.717, 1.165) is 66.7 Å². The van der Waals surface area contributed by atoms with Crippen molar-refractivity contribution in [1.29, 1.82) is 0 Å². The summed E-state index contributed by atoms with van der Waals surface area (Å²) in [6.45, 7) is 5.67. The molecule has 0 saturated carbocycles. The van der Waals surface area contributed by atoms with Crippen LogP contribution in [0.5, 0.6) is 17.2 Å². The molecule has 0 aromatic heterocycles. The molecule has 10 heteroatoms. The average molecular weight is 634 g/mol. The van der Waals surface area contributed by atoms with Crippen LogP contribution in [-0.4, -0.2) is 61.4 Å². The molecule has 1 amide bonds. The quantitative estimate of drug-likeness (QED) is 0.264. The predicted molar refractivity (Wildman–Crippen MR) is 173 cm³/mol. The van der Waals surface area contributed by atoms with E-state index in [-0.39, 0.29) is 12.7 Å². The summed E-state index contributed by atoms with van der Waals surface area (Å²) in [6.07, 6.45) is 6.97. The Morgan fingerprint density at radius 1 is 0.932 bits per heavy atom. The summed E-state index contributed by atoms with van der Waals surface area (Å²) in [4.78, 5) is 21.5. The second-order valence-electron chi connectivity index (χ2n) is 10.9. The van der Waals surface area contributed by atoms with Crippen molar-refractivity contribution in [2.75, 3.05) is 39.5 Å². The van der Waals surface area contributed by atoms with E-state index in [1.54, 1.807) is 12.3 Å². The van der Waals surface area contributed by atoms with Crippen molar-refractivity contribution < 1.29 is 19.0 Å². The Balaban J connectivity index is 0.874. The van der Waals surface area contributed by atoms with E-state index in [1.165, 1.54) is 5.56 Å². The van der Waals surface area contributed by atoms with Crippen LogP contribution in [0.2, 0.25) is 10.0 Å². The number of nitrogens with one attached hydrogen (secondary N) is 1. The Morgan fingerprint density at radius 3 is 2.50 bits per heavy atom. The number of allylic oxidation sites excluding steroid dienone is 2. The Morgan fingerprint density at radius 2 is 1.73 bits per heavy atom. The molecule has 44 heavy (non-hydrogen) atoms. The Kier molecular flexibility index (Phi) is 9.83. The zero-order valence-electron chi connectivity index (χ0n) is 24.3. The lowest BCUT2D eigenvalue weighted by atomic mass is 10.1. The van der Waals surface area contributed by atoms with E-state index in [9.17, 15) is 4.79 Å². The smallest absolute Gasteiger partial charge is 0.231 e. The number of benzene rings is 3. The molecule has 0 atom stereocenters. The maximum atomic E-state index is 12.8. The third kappa shape index (κ3) is 8.01. The van der Waals surface area contributed by atoms with Gasteiger partial charge in [-0.05, 0) is 77.2 Å². The lowest BCUT2D eigenvalue weighted by molar-refractivity contribution is -0.132. The molecule has 1 fully saturated rings. The van der Waals surface area contributed by atoms with Gasteiger partial charge in [-0.15, -0.1) is 0 Å². The van der Waals surface area contributed by atoms with Gasteiger partial charge in [-0.3, -0.25) is 9.69 Å². The molecule has 0 radical (unpaired) electrons. The highest BCUT2D eigenvalue weighted by Crippen LogP contribution is 2.33. The maximum Gasteiger partial charge on any atom is 0.231 e. The van der Waals surface area contributed by atoms with Crippen LogP contribution < -0.4 is 19.5 Å².